The van der Waals surface area contributed by atoms with Crippen LogP contribution in [-0.2, 0) is 18.0 Å². The summed E-state index contributed by atoms with van der Waals surface area (Å²) in [7, 11) is -1.21. The highest BCUT2D eigenvalue weighted by molar-refractivity contribution is 6.75. The predicted molar refractivity (Wildman–Crippen MR) is 112 cm³/mol. The molecule has 0 atom stereocenters. The van der Waals surface area contributed by atoms with E-state index in [9.17, 15) is 0 Å². The van der Waals surface area contributed by atoms with Crippen LogP contribution in [0.1, 0.15) is 37.6 Å². The topological polar surface area (TPSA) is 4.93 Å². The third-order valence-electron chi connectivity index (χ3n) is 5.31. The predicted octanol–water partition coefficient (Wildman–Crippen LogP) is 6.39. The number of benzene rings is 2. The molecule has 3 aromatic rings. The van der Waals surface area contributed by atoms with Crippen molar-refractivity contribution in [1.29, 1.82) is 0 Å². The highest BCUT2D eigenvalue weighted by Crippen LogP contribution is 2.44. The fourth-order valence-electron chi connectivity index (χ4n) is 4.11. The standard InChI is InChI=1S/C23H29NSi/c1-23(2,3)17-11-12-20-19(14-17)22-18-10-8-7-9-16(18)13-21(22)24(20)15-25(4,5)6/h7-12,14H,13,15H2,1-6H3. The second-order valence-electron chi connectivity index (χ2n) is 9.78. The van der Waals surface area contributed by atoms with Crippen LogP contribution in [0.2, 0.25) is 19.6 Å². The molecule has 1 nitrogen and oxygen atoms in total. The zero-order valence-electron chi connectivity index (χ0n) is 16.4. The Morgan fingerprint density at radius 1 is 1.00 bits per heavy atom. The van der Waals surface area contributed by atoms with Gasteiger partial charge in [-0.3, -0.25) is 0 Å². The van der Waals surface area contributed by atoms with Crippen molar-refractivity contribution in [2.24, 2.45) is 0 Å². The lowest BCUT2D eigenvalue weighted by molar-refractivity contribution is 0.591. The second kappa shape index (κ2) is 5.34. The molecule has 1 heterocycles. The van der Waals surface area contributed by atoms with E-state index in [1.807, 2.05) is 0 Å². The van der Waals surface area contributed by atoms with Crippen LogP contribution in [0, 0.1) is 0 Å². The van der Waals surface area contributed by atoms with Crippen LogP contribution in [0.15, 0.2) is 42.5 Å². The van der Waals surface area contributed by atoms with Gasteiger partial charge in [0.1, 0.15) is 0 Å². The molecular weight excluding hydrogens is 318 g/mol. The molecule has 0 saturated heterocycles. The molecule has 0 unspecified atom stereocenters. The molecule has 25 heavy (non-hydrogen) atoms. The van der Waals surface area contributed by atoms with Gasteiger partial charge in [0.2, 0.25) is 0 Å². The van der Waals surface area contributed by atoms with Crippen molar-refractivity contribution in [3.63, 3.8) is 0 Å². The first-order valence-electron chi connectivity index (χ1n) is 9.39. The highest BCUT2D eigenvalue weighted by Gasteiger charge is 2.29. The molecule has 0 saturated carbocycles. The van der Waals surface area contributed by atoms with Crippen LogP contribution < -0.4 is 0 Å². The first kappa shape index (κ1) is 16.7. The van der Waals surface area contributed by atoms with Gasteiger partial charge >= 0.3 is 0 Å². The van der Waals surface area contributed by atoms with Gasteiger partial charge in [0, 0.05) is 34.7 Å². The quantitative estimate of drug-likeness (QED) is 0.370. The van der Waals surface area contributed by atoms with E-state index in [0.29, 0.717) is 0 Å². The first-order chi connectivity index (χ1) is 11.6. The summed E-state index contributed by atoms with van der Waals surface area (Å²) in [4.78, 5) is 0. The van der Waals surface area contributed by atoms with Crippen LogP contribution in [0.5, 0.6) is 0 Å². The van der Waals surface area contributed by atoms with Gasteiger partial charge in [-0.05, 0) is 34.2 Å². The number of nitrogens with zero attached hydrogens (tertiary/aromatic N) is 1. The Hall–Kier alpha value is -1.80. The van der Waals surface area contributed by atoms with Crippen molar-refractivity contribution in [3.8, 4) is 11.1 Å². The fourth-order valence-corrected chi connectivity index (χ4v) is 5.42. The largest absolute Gasteiger partial charge is 0.347 e. The maximum absolute atomic E-state index is 2.64. The Morgan fingerprint density at radius 3 is 2.40 bits per heavy atom. The molecule has 130 valence electrons. The van der Waals surface area contributed by atoms with Crippen LogP contribution >= 0.6 is 0 Å². The van der Waals surface area contributed by atoms with Gasteiger partial charge in [-0.15, -0.1) is 0 Å². The summed E-state index contributed by atoms with van der Waals surface area (Å²) in [5, 5.41) is 1.45. The average Bonchev–Trinajstić information content (AvgIpc) is 3.01. The Bertz CT molecular complexity index is 964. The molecule has 2 heteroatoms. The minimum absolute atomic E-state index is 0.181. The smallest absolute Gasteiger partial charge is 0.0671 e. The van der Waals surface area contributed by atoms with E-state index in [1.165, 1.54) is 45.0 Å². The molecule has 4 rings (SSSR count). The highest BCUT2D eigenvalue weighted by atomic mass is 28.3. The maximum Gasteiger partial charge on any atom is 0.0671 e. The molecule has 1 aliphatic rings. The zero-order valence-corrected chi connectivity index (χ0v) is 17.4. The van der Waals surface area contributed by atoms with Gasteiger partial charge in [-0.1, -0.05) is 70.7 Å². The first-order valence-corrected chi connectivity index (χ1v) is 13.1. The number of rotatable bonds is 2. The van der Waals surface area contributed by atoms with E-state index in [0.717, 1.165) is 6.42 Å². The molecule has 2 aromatic carbocycles. The third-order valence-corrected chi connectivity index (χ3v) is 6.58. The summed E-state index contributed by atoms with van der Waals surface area (Å²) in [6.45, 7) is 14.3. The lowest BCUT2D eigenvalue weighted by Gasteiger charge is -2.21. The molecular formula is C23H29NSi. The van der Waals surface area contributed by atoms with E-state index in [2.05, 4.69) is 87.4 Å². The number of aromatic nitrogens is 1. The lowest BCUT2D eigenvalue weighted by Crippen LogP contribution is -2.28. The molecule has 0 radical (unpaired) electrons. The van der Waals surface area contributed by atoms with Gasteiger partial charge in [0.25, 0.3) is 0 Å². The summed E-state index contributed by atoms with van der Waals surface area (Å²) in [6.07, 6.45) is 2.28. The Balaban J connectivity index is 2.03. The van der Waals surface area contributed by atoms with Crippen molar-refractivity contribution in [1.82, 2.24) is 4.57 Å². The normalized spacial score (nSPS) is 14.0. The van der Waals surface area contributed by atoms with Crippen molar-refractivity contribution in [2.45, 2.75) is 58.4 Å². The minimum Gasteiger partial charge on any atom is -0.347 e. The van der Waals surface area contributed by atoms with Crippen molar-refractivity contribution in [3.05, 3.63) is 59.3 Å². The summed E-state index contributed by atoms with van der Waals surface area (Å²) in [5.74, 6) is 0. The van der Waals surface area contributed by atoms with Gasteiger partial charge in [0.05, 0.1) is 8.07 Å². The fraction of sp³-hybridized carbons (Fsp3) is 0.391. The molecule has 0 aliphatic heterocycles. The molecule has 0 N–H and O–H groups in total. The zero-order chi connectivity index (χ0) is 18.0. The molecule has 1 aromatic heterocycles. The summed E-state index contributed by atoms with van der Waals surface area (Å²) in [5.41, 5.74) is 9.00. The van der Waals surface area contributed by atoms with Gasteiger partial charge in [-0.2, -0.15) is 0 Å². The van der Waals surface area contributed by atoms with Crippen molar-refractivity contribution in [2.75, 3.05) is 0 Å². The Kier molecular flexibility index (Phi) is 3.56. The molecule has 0 bridgehead atoms. The van der Waals surface area contributed by atoms with Crippen molar-refractivity contribution >= 4 is 19.0 Å². The van der Waals surface area contributed by atoms with E-state index in [-0.39, 0.29) is 5.41 Å². The van der Waals surface area contributed by atoms with E-state index < -0.39 is 8.07 Å². The third kappa shape index (κ3) is 2.77. The molecule has 1 aliphatic carbocycles. The van der Waals surface area contributed by atoms with Gasteiger partial charge in [-0.25, -0.2) is 0 Å². The molecule has 0 fully saturated rings. The van der Waals surface area contributed by atoms with Crippen LogP contribution in [-0.4, -0.2) is 12.6 Å². The Labute approximate surface area is 152 Å². The summed E-state index contributed by atoms with van der Waals surface area (Å²) >= 11 is 0. The Morgan fingerprint density at radius 2 is 1.72 bits per heavy atom. The number of fused-ring (bicyclic) bond motifs is 5. The monoisotopic (exact) mass is 347 g/mol. The van der Waals surface area contributed by atoms with Gasteiger partial charge in [0.15, 0.2) is 0 Å². The number of hydrogen-bond acceptors (Lipinski definition) is 0. The average molecular weight is 348 g/mol. The second-order valence-corrected chi connectivity index (χ2v) is 15.2. The van der Waals surface area contributed by atoms with Crippen LogP contribution in [0.25, 0.3) is 22.0 Å². The minimum atomic E-state index is -1.21. The lowest BCUT2D eigenvalue weighted by atomic mass is 9.86. The van der Waals surface area contributed by atoms with Crippen LogP contribution in [0.4, 0.5) is 0 Å². The SMILES string of the molecule is CC(C)(C)c1ccc2c(c1)c1c(n2C[Si](C)(C)C)Cc2ccccc2-1. The summed E-state index contributed by atoms with van der Waals surface area (Å²) in [6, 6.07) is 16.1. The molecule has 0 spiro atoms. The van der Waals surface area contributed by atoms with Crippen molar-refractivity contribution < 1.29 is 0 Å². The maximum atomic E-state index is 2.64. The summed E-state index contributed by atoms with van der Waals surface area (Å²) < 4.78 is 2.64. The van der Waals surface area contributed by atoms with E-state index >= 15 is 0 Å². The number of hydrogen-bond donors (Lipinski definition) is 0. The van der Waals surface area contributed by atoms with Crippen LogP contribution in [0.3, 0.4) is 0 Å². The van der Waals surface area contributed by atoms with E-state index in [4.69, 9.17) is 0 Å². The van der Waals surface area contributed by atoms with Gasteiger partial charge < -0.3 is 4.57 Å². The molecule has 0 amide bonds. The van der Waals surface area contributed by atoms with E-state index in [1.54, 1.807) is 0 Å².